The molecule has 1 aromatic heterocycles. The molecule has 0 aliphatic carbocycles. The van der Waals surface area contributed by atoms with Crippen LogP contribution in [0, 0.1) is 0 Å². The summed E-state index contributed by atoms with van der Waals surface area (Å²) in [5.74, 6) is -1.27. The summed E-state index contributed by atoms with van der Waals surface area (Å²) in [7, 11) is 0. The van der Waals surface area contributed by atoms with E-state index in [-0.39, 0.29) is 24.7 Å². The van der Waals surface area contributed by atoms with Crippen molar-refractivity contribution in [3.8, 4) is 11.5 Å². The van der Waals surface area contributed by atoms with Gasteiger partial charge in [-0.2, -0.15) is 18.2 Å². The van der Waals surface area contributed by atoms with Crippen molar-refractivity contribution in [3.63, 3.8) is 0 Å². The lowest BCUT2D eigenvalue weighted by Crippen LogP contribution is -2.36. The number of carbonyl (C=O) groups is 1. The Morgan fingerprint density at radius 2 is 1.55 bits per heavy atom. The highest BCUT2D eigenvalue weighted by molar-refractivity contribution is 5.85. The molecule has 42 heavy (non-hydrogen) atoms. The van der Waals surface area contributed by atoms with Gasteiger partial charge in [0, 0.05) is 17.8 Å². The quantitative estimate of drug-likeness (QED) is 0.209. The molecule has 0 saturated carbocycles. The van der Waals surface area contributed by atoms with Gasteiger partial charge < -0.3 is 19.6 Å². The number of nitrogens with zero attached hydrogens (tertiary/aromatic N) is 2. The Morgan fingerprint density at radius 1 is 0.833 bits per heavy atom. The molecule has 2 heterocycles. The van der Waals surface area contributed by atoms with Crippen LogP contribution in [0.1, 0.15) is 22.9 Å². The first-order valence-electron chi connectivity index (χ1n) is 13.1. The standard InChI is InChI=1S/C32H24F3N3O4/c33-32(34,35)31(39)42-38-28-14-7-15-36-29(28)37-30(38)24-16-25(40-19-21-8-2-1-3-9-21)18-26(17-24)41-20-23-12-6-11-22-10-4-5-13-27(22)23/h1-18,30H,19-20H2,(H,36,37). The Hall–Kier alpha value is -5.25. The van der Waals surface area contributed by atoms with Crippen molar-refractivity contribution in [3.05, 3.63) is 126 Å². The lowest BCUT2D eigenvalue weighted by Gasteiger charge is -2.26. The molecule has 0 saturated heterocycles. The molecule has 4 aromatic carbocycles. The topological polar surface area (TPSA) is 72.9 Å². The minimum atomic E-state index is -5.19. The van der Waals surface area contributed by atoms with Gasteiger partial charge in [-0.05, 0) is 46.2 Å². The van der Waals surface area contributed by atoms with Crippen LogP contribution in [0.15, 0.2) is 109 Å². The van der Waals surface area contributed by atoms with Crippen LogP contribution < -0.4 is 19.9 Å². The maximum atomic E-state index is 13.2. The summed E-state index contributed by atoms with van der Waals surface area (Å²) in [5.41, 5.74) is 2.49. The van der Waals surface area contributed by atoms with Gasteiger partial charge in [0.25, 0.3) is 0 Å². The molecule has 1 atom stereocenters. The molecule has 1 unspecified atom stereocenters. The highest BCUT2D eigenvalue weighted by atomic mass is 19.4. The summed E-state index contributed by atoms with van der Waals surface area (Å²) >= 11 is 0. The van der Waals surface area contributed by atoms with Gasteiger partial charge in [-0.25, -0.2) is 9.78 Å². The summed E-state index contributed by atoms with van der Waals surface area (Å²) in [6.45, 7) is 0.481. The van der Waals surface area contributed by atoms with Crippen LogP contribution in [0.2, 0.25) is 0 Å². The number of fused-ring (bicyclic) bond motifs is 2. The zero-order valence-corrected chi connectivity index (χ0v) is 22.0. The number of hydroxylamine groups is 1. The number of halogens is 3. The van der Waals surface area contributed by atoms with Crippen molar-refractivity contribution in [1.29, 1.82) is 0 Å². The fourth-order valence-corrected chi connectivity index (χ4v) is 4.71. The molecule has 1 aliphatic heterocycles. The van der Waals surface area contributed by atoms with Crippen LogP contribution in [-0.2, 0) is 22.8 Å². The van der Waals surface area contributed by atoms with Gasteiger partial charge in [0.15, 0.2) is 12.0 Å². The van der Waals surface area contributed by atoms with Crippen molar-refractivity contribution in [2.75, 3.05) is 10.4 Å². The maximum absolute atomic E-state index is 13.2. The number of hydrogen-bond donors (Lipinski definition) is 1. The molecular weight excluding hydrogens is 547 g/mol. The molecule has 7 nitrogen and oxygen atoms in total. The van der Waals surface area contributed by atoms with Gasteiger partial charge in [0.05, 0.1) is 0 Å². The zero-order chi connectivity index (χ0) is 29.1. The second-order valence-electron chi connectivity index (χ2n) is 9.56. The van der Waals surface area contributed by atoms with Gasteiger partial charge in [-0.1, -0.05) is 72.8 Å². The summed E-state index contributed by atoms with van der Waals surface area (Å²) in [5, 5.41) is 6.02. The normalized spacial score (nSPS) is 14.3. The number of anilines is 2. The smallest absolute Gasteiger partial charge is 0.489 e. The Labute approximate surface area is 239 Å². The summed E-state index contributed by atoms with van der Waals surface area (Å²) in [6.07, 6.45) is -4.75. The van der Waals surface area contributed by atoms with Crippen LogP contribution in [0.4, 0.5) is 24.7 Å². The van der Waals surface area contributed by atoms with E-state index in [0.717, 1.165) is 27.0 Å². The number of hydrogen-bond acceptors (Lipinski definition) is 7. The van der Waals surface area contributed by atoms with E-state index in [9.17, 15) is 18.0 Å². The Morgan fingerprint density at radius 3 is 2.33 bits per heavy atom. The predicted molar refractivity (Wildman–Crippen MR) is 151 cm³/mol. The average Bonchev–Trinajstić information content (AvgIpc) is 3.37. The van der Waals surface area contributed by atoms with Gasteiger partial charge in [0.2, 0.25) is 0 Å². The minimum absolute atomic E-state index is 0.175. The van der Waals surface area contributed by atoms with Crippen molar-refractivity contribution in [1.82, 2.24) is 4.98 Å². The molecule has 10 heteroatoms. The van der Waals surface area contributed by atoms with Gasteiger partial charge >= 0.3 is 12.1 Å². The Bertz CT molecular complexity index is 1720. The molecule has 5 aromatic rings. The monoisotopic (exact) mass is 571 g/mol. The molecule has 6 rings (SSSR count). The third-order valence-corrected chi connectivity index (χ3v) is 6.69. The van der Waals surface area contributed by atoms with E-state index in [4.69, 9.17) is 14.3 Å². The van der Waals surface area contributed by atoms with Crippen LogP contribution in [0.5, 0.6) is 11.5 Å². The third kappa shape index (κ3) is 5.78. The summed E-state index contributed by atoms with van der Waals surface area (Å²) in [6, 6.07) is 31.5. The van der Waals surface area contributed by atoms with E-state index in [0.29, 0.717) is 17.1 Å². The Balaban J connectivity index is 1.34. The van der Waals surface area contributed by atoms with Gasteiger partial charge in [0.1, 0.15) is 30.4 Å². The molecule has 212 valence electrons. The van der Waals surface area contributed by atoms with Crippen molar-refractivity contribution in [2.45, 2.75) is 25.6 Å². The van der Waals surface area contributed by atoms with Crippen LogP contribution in [0.25, 0.3) is 10.8 Å². The van der Waals surface area contributed by atoms with Crippen LogP contribution >= 0.6 is 0 Å². The van der Waals surface area contributed by atoms with Crippen LogP contribution in [0.3, 0.4) is 0 Å². The largest absolute Gasteiger partial charge is 0.493 e. The number of pyridine rings is 1. The lowest BCUT2D eigenvalue weighted by atomic mass is 10.1. The third-order valence-electron chi connectivity index (χ3n) is 6.69. The summed E-state index contributed by atoms with van der Waals surface area (Å²) in [4.78, 5) is 20.9. The zero-order valence-electron chi connectivity index (χ0n) is 22.0. The molecule has 0 bridgehead atoms. The van der Waals surface area contributed by atoms with Crippen molar-refractivity contribution in [2.24, 2.45) is 0 Å². The van der Waals surface area contributed by atoms with Gasteiger partial charge in [-0.15, -0.1) is 0 Å². The second kappa shape index (κ2) is 11.3. The number of nitrogens with one attached hydrogen (secondary N) is 1. The van der Waals surface area contributed by atoms with E-state index in [1.165, 1.54) is 18.3 Å². The first-order chi connectivity index (χ1) is 20.3. The second-order valence-corrected chi connectivity index (χ2v) is 9.56. The van der Waals surface area contributed by atoms with Crippen molar-refractivity contribution < 1.29 is 32.3 Å². The van der Waals surface area contributed by atoms with E-state index in [2.05, 4.69) is 10.3 Å². The molecule has 0 spiro atoms. The number of carbonyl (C=O) groups excluding carboxylic acids is 1. The highest BCUT2D eigenvalue weighted by Gasteiger charge is 2.45. The highest BCUT2D eigenvalue weighted by Crippen LogP contribution is 2.42. The van der Waals surface area contributed by atoms with Crippen molar-refractivity contribution >= 4 is 28.2 Å². The molecule has 1 N–H and O–H groups in total. The SMILES string of the molecule is O=C(ON1c2cccnc2NC1c1cc(OCc2ccccc2)cc(OCc2cccc3ccccc23)c1)C(F)(F)F. The molecule has 1 aliphatic rings. The first kappa shape index (κ1) is 26.9. The molecule has 0 radical (unpaired) electrons. The van der Waals surface area contributed by atoms with Gasteiger partial charge in [-0.3, -0.25) is 0 Å². The maximum Gasteiger partial charge on any atom is 0.493 e. The van der Waals surface area contributed by atoms with E-state index >= 15 is 0 Å². The Kier molecular flexibility index (Phi) is 7.26. The minimum Gasteiger partial charge on any atom is -0.489 e. The number of ether oxygens (including phenoxy) is 2. The molecule has 0 fully saturated rings. The predicted octanol–water partition coefficient (Wildman–Crippen LogP) is 7.34. The fraction of sp³-hybridized carbons (Fsp3) is 0.125. The number of benzene rings is 4. The molecular formula is C32H24F3N3O4. The number of rotatable bonds is 8. The van der Waals surface area contributed by atoms with E-state index in [1.807, 2.05) is 72.8 Å². The van der Waals surface area contributed by atoms with E-state index in [1.54, 1.807) is 18.2 Å². The lowest BCUT2D eigenvalue weighted by molar-refractivity contribution is -0.201. The first-order valence-corrected chi connectivity index (χ1v) is 13.1. The van der Waals surface area contributed by atoms with E-state index < -0.39 is 18.3 Å². The number of alkyl halides is 3. The summed E-state index contributed by atoms with van der Waals surface area (Å²) < 4.78 is 51.9. The fourth-order valence-electron chi connectivity index (χ4n) is 4.71. The average molecular weight is 572 g/mol. The number of aromatic nitrogens is 1. The molecule has 0 amide bonds. The van der Waals surface area contributed by atoms with Crippen LogP contribution in [-0.4, -0.2) is 17.1 Å².